The van der Waals surface area contributed by atoms with Crippen molar-refractivity contribution in [2.75, 3.05) is 24.6 Å². The molecule has 5 heteroatoms. The highest BCUT2D eigenvalue weighted by atomic mass is 32.2. The van der Waals surface area contributed by atoms with E-state index in [4.69, 9.17) is 0 Å². The minimum absolute atomic E-state index is 0.0799. The standard InChI is InChI=1S/C11H21NO3S/c1-11(13)4-5-12-7-10(11)9-3-2-6-16(14,15)8-9/h9-10,12-13H,2-8H2,1H3. The summed E-state index contributed by atoms with van der Waals surface area (Å²) in [5.41, 5.74) is -0.706. The molecular weight excluding hydrogens is 226 g/mol. The molecule has 2 aliphatic heterocycles. The van der Waals surface area contributed by atoms with Gasteiger partial charge in [0.1, 0.15) is 0 Å². The van der Waals surface area contributed by atoms with E-state index in [0.717, 1.165) is 25.9 Å². The van der Waals surface area contributed by atoms with Crippen LogP contribution in [0.25, 0.3) is 0 Å². The van der Waals surface area contributed by atoms with Gasteiger partial charge in [0, 0.05) is 12.5 Å². The van der Waals surface area contributed by atoms with E-state index in [0.29, 0.717) is 12.2 Å². The topological polar surface area (TPSA) is 66.4 Å². The first-order valence-electron chi connectivity index (χ1n) is 6.04. The van der Waals surface area contributed by atoms with E-state index in [1.165, 1.54) is 0 Å². The van der Waals surface area contributed by atoms with Gasteiger partial charge in [-0.2, -0.15) is 0 Å². The zero-order valence-electron chi connectivity index (χ0n) is 9.78. The maximum absolute atomic E-state index is 11.6. The third-order valence-corrected chi connectivity index (χ3v) is 5.88. The van der Waals surface area contributed by atoms with Crippen LogP contribution in [0.2, 0.25) is 0 Å². The number of piperidine rings is 1. The van der Waals surface area contributed by atoms with E-state index in [1.54, 1.807) is 0 Å². The van der Waals surface area contributed by atoms with Gasteiger partial charge in [-0.3, -0.25) is 0 Å². The van der Waals surface area contributed by atoms with Gasteiger partial charge in [-0.1, -0.05) is 0 Å². The van der Waals surface area contributed by atoms with Crippen LogP contribution in [0.15, 0.2) is 0 Å². The van der Waals surface area contributed by atoms with Crippen LogP contribution in [0.4, 0.5) is 0 Å². The molecule has 2 rings (SSSR count). The van der Waals surface area contributed by atoms with Crippen molar-refractivity contribution in [3.8, 4) is 0 Å². The smallest absolute Gasteiger partial charge is 0.150 e. The summed E-state index contributed by atoms with van der Waals surface area (Å²) in [6, 6.07) is 0. The maximum atomic E-state index is 11.6. The highest BCUT2D eigenvalue weighted by Gasteiger charge is 2.42. The predicted octanol–water partition coefficient (Wildman–Crippen LogP) is 0.172. The summed E-state index contributed by atoms with van der Waals surface area (Å²) in [4.78, 5) is 0. The first kappa shape index (κ1) is 12.3. The fraction of sp³-hybridized carbons (Fsp3) is 1.00. The molecule has 2 aliphatic rings. The number of aliphatic hydroxyl groups is 1. The molecule has 94 valence electrons. The Bertz CT molecular complexity index is 350. The fourth-order valence-corrected chi connectivity index (χ4v) is 4.88. The average molecular weight is 247 g/mol. The maximum Gasteiger partial charge on any atom is 0.150 e. The summed E-state index contributed by atoms with van der Waals surface area (Å²) in [5.74, 6) is 0.791. The Hall–Kier alpha value is -0.130. The zero-order chi connectivity index (χ0) is 11.8. The number of nitrogens with one attached hydrogen (secondary N) is 1. The number of hydrogen-bond acceptors (Lipinski definition) is 4. The molecule has 0 radical (unpaired) electrons. The van der Waals surface area contributed by atoms with Crippen LogP contribution < -0.4 is 5.32 Å². The molecule has 0 spiro atoms. The van der Waals surface area contributed by atoms with E-state index < -0.39 is 15.4 Å². The lowest BCUT2D eigenvalue weighted by molar-refractivity contribution is -0.0461. The molecular formula is C11H21NO3S. The number of hydrogen-bond donors (Lipinski definition) is 2. The Balaban J connectivity index is 2.11. The van der Waals surface area contributed by atoms with Gasteiger partial charge in [0.25, 0.3) is 0 Å². The lowest BCUT2D eigenvalue weighted by atomic mass is 9.74. The van der Waals surface area contributed by atoms with Gasteiger partial charge >= 0.3 is 0 Å². The monoisotopic (exact) mass is 247 g/mol. The number of sulfone groups is 1. The summed E-state index contributed by atoms with van der Waals surface area (Å²) in [6.07, 6.45) is 2.40. The lowest BCUT2D eigenvalue weighted by Crippen LogP contribution is -2.53. The Morgan fingerprint density at radius 2 is 2.19 bits per heavy atom. The van der Waals surface area contributed by atoms with E-state index in [2.05, 4.69) is 5.32 Å². The molecule has 0 aliphatic carbocycles. The van der Waals surface area contributed by atoms with Gasteiger partial charge in [-0.15, -0.1) is 0 Å². The van der Waals surface area contributed by atoms with Crippen molar-refractivity contribution in [2.45, 2.75) is 31.8 Å². The third-order valence-electron chi connectivity index (χ3n) is 4.04. The predicted molar refractivity (Wildman–Crippen MR) is 63.0 cm³/mol. The van der Waals surface area contributed by atoms with Gasteiger partial charge in [0.2, 0.25) is 0 Å². The molecule has 0 aromatic rings. The average Bonchev–Trinajstić information content (AvgIpc) is 2.15. The summed E-state index contributed by atoms with van der Waals surface area (Å²) in [7, 11) is -2.87. The van der Waals surface area contributed by atoms with Crippen LogP contribution >= 0.6 is 0 Å². The number of rotatable bonds is 1. The molecule has 3 atom stereocenters. The van der Waals surface area contributed by atoms with Crippen molar-refractivity contribution in [3.05, 3.63) is 0 Å². The minimum atomic E-state index is -2.87. The van der Waals surface area contributed by atoms with Crippen LogP contribution in [0.3, 0.4) is 0 Å². The van der Waals surface area contributed by atoms with E-state index in [-0.39, 0.29) is 17.6 Å². The van der Waals surface area contributed by atoms with Gasteiger partial charge in [-0.25, -0.2) is 8.42 Å². The molecule has 0 bridgehead atoms. The Kier molecular flexibility index (Phi) is 3.29. The Morgan fingerprint density at radius 1 is 1.44 bits per heavy atom. The van der Waals surface area contributed by atoms with Crippen molar-refractivity contribution in [3.63, 3.8) is 0 Å². The summed E-state index contributed by atoms with van der Waals surface area (Å²) in [6.45, 7) is 3.41. The Morgan fingerprint density at radius 3 is 2.81 bits per heavy atom. The summed E-state index contributed by atoms with van der Waals surface area (Å²) < 4.78 is 23.2. The minimum Gasteiger partial charge on any atom is -0.390 e. The molecule has 0 aromatic carbocycles. The molecule has 2 heterocycles. The molecule has 2 fully saturated rings. The van der Waals surface area contributed by atoms with Gasteiger partial charge in [-0.05, 0) is 38.6 Å². The quantitative estimate of drug-likeness (QED) is 0.693. The molecule has 0 saturated carbocycles. The second-order valence-electron chi connectivity index (χ2n) is 5.43. The Labute approximate surface area is 97.3 Å². The van der Waals surface area contributed by atoms with Gasteiger partial charge < -0.3 is 10.4 Å². The lowest BCUT2D eigenvalue weighted by Gasteiger charge is -2.43. The SMILES string of the molecule is CC1(O)CCNCC1C1CCCS(=O)(=O)C1. The van der Waals surface area contributed by atoms with Crippen molar-refractivity contribution in [1.82, 2.24) is 5.32 Å². The van der Waals surface area contributed by atoms with Crippen molar-refractivity contribution in [1.29, 1.82) is 0 Å². The first-order chi connectivity index (χ1) is 7.41. The molecule has 2 saturated heterocycles. The molecule has 4 nitrogen and oxygen atoms in total. The summed E-state index contributed by atoms with van der Waals surface area (Å²) in [5, 5.41) is 13.6. The van der Waals surface area contributed by atoms with Crippen LogP contribution in [0, 0.1) is 11.8 Å². The van der Waals surface area contributed by atoms with Crippen LogP contribution in [-0.2, 0) is 9.84 Å². The molecule has 3 unspecified atom stereocenters. The van der Waals surface area contributed by atoms with Crippen LogP contribution in [0.5, 0.6) is 0 Å². The first-order valence-corrected chi connectivity index (χ1v) is 7.86. The zero-order valence-corrected chi connectivity index (χ0v) is 10.6. The molecule has 0 amide bonds. The second kappa shape index (κ2) is 4.27. The second-order valence-corrected chi connectivity index (χ2v) is 7.66. The summed E-state index contributed by atoms with van der Waals surface area (Å²) >= 11 is 0. The highest BCUT2D eigenvalue weighted by Crippen LogP contribution is 2.35. The van der Waals surface area contributed by atoms with Gasteiger partial charge in [0.05, 0.1) is 17.1 Å². The van der Waals surface area contributed by atoms with Crippen molar-refractivity contribution < 1.29 is 13.5 Å². The van der Waals surface area contributed by atoms with E-state index in [9.17, 15) is 13.5 Å². The van der Waals surface area contributed by atoms with Crippen molar-refractivity contribution in [2.24, 2.45) is 11.8 Å². The largest absolute Gasteiger partial charge is 0.390 e. The normalized spacial score (nSPS) is 44.1. The van der Waals surface area contributed by atoms with Crippen LogP contribution in [-0.4, -0.2) is 43.7 Å². The highest BCUT2D eigenvalue weighted by molar-refractivity contribution is 7.91. The molecule has 2 N–H and O–H groups in total. The van der Waals surface area contributed by atoms with Crippen LogP contribution in [0.1, 0.15) is 26.2 Å². The van der Waals surface area contributed by atoms with E-state index in [1.807, 2.05) is 6.92 Å². The van der Waals surface area contributed by atoms with E-state index >= 15 is 0 Å². The van der Waals surface area contributed by atoms with Crippen molar-refractivity contribution >= 4 is 9.84 Å². The fourth-order valence-electron chi connectivity index (χ4n) is 3.05. The third kappa shape index (κ3) is 2.57. The van der Waals surface area contributed by atoms with Gasteiger partial charge in [0.15, 0.2) is 9.84 Å². The molecule has 16 heavy (non-hydrogen) atoms. The molecule has 0 aromatic heterocycles.